The highest BCUT2D eigenvalue weighted by Crippen LogP contribution is 2.31. The minimum absolute atomic E-state index is 0.293. The third kappa shape index (κ3) is 3.21. The molecule has 1 atom stereocenters. The van der Waals surface area contributed by atoms with Crippen molar-refractivity contribution < 1.29 is 13.9 Å². The van der Waals surface area contributed by atoms with Crippen molar-refractivity contribution in [3.8, 4) is 0 Å². The van der Waals surface area contributed by atoms with Crippen LogP contribution in [0.3, 0.4) is 0 Å². The molecule has 1 aromatic heterocycles. The molecule has 0 amide bonds. The maximum absolute atomic E-state index is 13.7. The minimum Gasteiger partial charge on any atom is -0.390 e. The van der Waals surface area contributed by atoms with Crippen LogP contribution in [0.5, 0.6) is 0 Å². The van der Waals surface area contributed by atoms with Gasteiger partial charge in [0.05, 0.1) is 12.6 Å². The van der Waals surface area contributed by atoms with Crippen molar-refractivity contribution in [2.24, 2.45) is 5.41 Å². The van der Waals surface area contributed by atoms with Gasteiger partial charge in [0.25, 0.3) is 0 Å². The number of aliphatic hydroxyl groups excluding tert-OH is 1. The smallest absolute Gasteiger partial charge is 0.123 e. The molecule has 0 aliphatic carbocycles. The molecule has 26 heavy (non-hydrogen) atoms. The van der Waals surface area contributed by atoms with E-state index in [9.17, 15) is 13.9 Å². The molecule has 2 heterocycles. The summed E-state index contributed by atoms with van der Waals surface area (Å²) < 4.78 is 29.4. The zero-order chi connectivity index (χ0) is 18.5. The Morgan fingerprint density at radius 3 is 2.08 bits per heavy atom. The summed E-state index contributed by atoms with van der Waals surface area (Å²) in [5.41, 5.74) is 1.92. The van der Waals surface area contributed by atoms with Crippen LogP contribution in [0.2, 0.25) is 0 Å². The molecular formula is C21H24F2N2O. The number of rotatable bonds is 4. The molecular weight excluding hydrogens is 334 g/mol. The first-order chi connectivity index (χ1) is 12.3. The van der Waals surface area contributed by atoms with Gasteiger partial charge in [-0.1, -0.05) is 13.8 Å². The zero-order valence-corrected chi connectivity index (χ0v) is 15.2. The lowest BCUT2D eigenvalue weighted by molar-refractivity contribution is 0.107. The second-order valence-corrected chi connectivity index (χ2v) is 8.24. The lowest BCUT2D eigenvalue weighted by Gasteiger charge is -2.23. The van der Waals surface area contributed by atoms with Crippen LogP contribution < -0.4 is 0 Å². The number of benzene rings is 2. The molecule has 1 N–H and O–H groups in total. The molecule has 3 nitrogen and oxygen atoms in total. The molecule has 1 aliphatic rings. The Morgan fingerprint density at radius 1 is 1.00 bits per heavy atom. The number of aliphatic hydroxyl groups is 1. The molecule has 1 fully saturated rings. The van der Waals surface area contributed by atoms with Gasteiger partial charge in [0.15, 0.2) is 0 Å². The Labute approximate surface area is 151 Å². The maximum atomic E-state index is 13.7. The largest absolute Gasteiger partial charge is 0.390 e. The third-order valence-electron chi connectivity index (χ3n) is 5.41. The standard InChI is InChI=1S/C21H24F2N2O/c1-21(2)7-8-24(13-21)11-16(26)12-25-19-5-3-14(22)9-17(19)18-10-15(23)4-6-20(18)25/h3-6,9-10,16,26H,7-8,11-13H2,1-2H3. The summed E-state index contributed by atoms with van der Waals surface area (Å²) in [5.74, 6) is -0.693. The molecule has 1 aliphatic heterocycles. The number of hydrogen-bond donors (Lipinski definition) is 1. The van der Waals surface area contributed by atoms with E-state index >= 15 is 0 Å². The van der Waals surface area contributed by atoms with Crippen LogP contribution >= 0.6 is 0 Å². The van der Waals surface area contributed by atoms with Gasteiger partial charge in [-0.15, -0.1) is 0 Å². The highest BCUT2D eigenvalue weighted by atomic mass is 19.1. The maximum Gasteiger partial charge on any atom is 0.123 e. The number of hydrogen-bond acceptors (Lipinski definition) is 2. The van der Waals surface area contributed by atoms with Gasteiger partial charge in [0, 0.05) is 34.9 Å². The number of halogens is 2. The average molecular weight is 358 g/mol. The zero-order valence-electron chi connectivity index (χ0n) is 15.2. The molecule has 0 saturated carbocycles. The van der Waals surface area contributed by atoms with Crippen LogP contribution in [0.15, 0.2) is 36.4 Å². The molecule has 4 rings (SSSR count). The number of aromatic nitrogens is 1. The van der Waals surface area contributed by atoms with Gasteiger partial charge in [0.2, 0.25) is 0 Å². The van der Waals surface area contributed by atoms with E-state index in [-0.39, 0.29) is 11.6 Å². The van der Waals surface area contributed by atoms with Gasteiger partial charge in [-0.3, -0.25) is 0 Å². The molecule has 2 aromatic carbocycles. The number of β-amino-alcohol motifs (C(OH)–C–C–N with tert-alkyl or cyclic N) is 1. The molecule has 1 unspecified atom stereocenters. The Morgan fingerprint density at radius 2 is 1.58 bits per heavy atom. The van der Waals surface area contributed by atoms with Crippen LogP contribution in [-0.2, 0) is 6.54 Å². The molecule has 138 valence electrons. The van der Waals surface area contributed by atoms with Gasteiger partial charge in [-0.2, -0.15) is 0 Å². The Hall–Kier alpha value is -1.98. The summed E-state index contributed by atoms with van der Waals surface area (Å²) in [6.07, 6.45) is 0.589. The van der Waals surface area contributed by atoms with E-state index in [4.69, 9.17) is 0 Å². The SMILES string of the molecule is CC1(C)CCN(CC(O)Cn2c3ccc(F)cc3c3cc(F)ccc32)C1. The summed E-state index contributed by atoms with van der Waals surface area (Å²) >= 11 is 0. The summed E-state index contributed by atoms with van der Waals surface area (Å²) in [7, 11) is 0. The Balaban J connectivity index is 1.67. The van der Waals surface area contributed by atoms with Crippen LogP contribution in [0.1, 0.15) is 20.3 Å². The lowest BCUT2D eigenvalue weighted by atomic mass is 9.93. The number of likely N-dealkylation sites (tertiary alicyclic amines) is 1. The molecule has 3 aromatic rings. The summed E-state index contributed by atoms with van der Waals surface area (Å²) in [5, 5.41) is 12.0. The first kappa shape index (κ1) is 17.4. The molecule has 0 spiro atoms. The molecule has 1 saturated heterocycles. The van der Waals surface area contributed by atoms with Gasteiger partial charge in [-0.25, -0.2) is 8.78 Å². The Kier molecular flexibility index (Phi) is 4.24. The highest BCUT2D eigenvalue weighted by Gasteiger charge is 2.30. The van der Waals surface area contributed by atoms with Crippen molar-refractivity contribution in [2.45, 2.75) is 32.9 Å². The first-order valence-electron chi connectivity index (χ1n) is 9.10. The molecule has 0 bridgehead atoms. The fraction of sp³-hybridized carbons (Fsp3) is 0.429. The monoisotopic (exact) mass is 358 g/mol. The normalized spacial score (nSPS) is 18.8. The van der Waals surface area contributed by atoms with Crippen LogP contribution in [0.4, 0.5) is 8.78 Å². The van der Waals surface area contributed by atoms with E-state index in [1.165, 1.54) is 24.3 Å². The Bertz CT molecular complexity index is 904. The second kappa shape index (κ2) is 6.32. The number of nitrogens with zero attached hydrogens (tertiary/aromatic N) is 2. The van der Waals surface area contributed by atoms with Crippen molar-refractivity contribution in [3.63, 3.8) is 0 Å². The van der Waals surface area contributed by atoms with Crippen LogP contribution in [0.25, 0.3) is 21.8 Å². The van der Waals surface area contributed by atoms with Gasteiger partial charge in [0.1, 0.15) is 11.6 Å². The topological polar surface area (TPSA) is 28.4 Å². The quantitative estimate of drug-likeness (QED) is 0.758. The summed E-state index contributed by atoms with van der Waals surface area (Å²) in [4.78, 5) is 2.29. The second-order valence-electron chi connectivity index (χ2n) is 8.24. The predicted molar refractivity (Wildman–Crippen MR) is 100 cm³/mol. The summed E-state index contributed by atoms with van der Waals surface area (Å²) in [6, 6.07) is 9.08. The summed E-state index contributed by atoms with van der Waals surface area (Å²) in [6.45, 7) is 7.47. The van der Waals surface area contributed by atoms with Crippen LogP contribution in [-0.4, -0.2) is 40.3 Å². The van der Waals surface area contributed by atoms with Crippen molar-refractivity contribution >= 4 is 21.8 Å². The van der Waals surface area contributed by atoms with Crippen molar-refractivity contribution in [2.75, 3.05) is 19.6 Å². The van der Waals surface area contributed by atoms with E-state index in [2.05, 4.69) is 18.7 Å². The van der Waals surface area contributed by atoms with E-state index in [0.29, 0.717) is 29.3 Å². The van der Waals surface area contributed by atoms with E-state index < -0.39 is 6.10 Å². The van der Waals surface area contributed by atoms with E-state index in [1.807, 2.05) is 4.57 Å². The van der Waals surface area contributed by atoms with Gasteiger partial charge < -0.3 is 14.6 Å². The fourth-order valence-corrected chi connectivity index (χ4v) is 4.19. The van der Waals surface area contributed by atoms with E-state index in [0.717, 1.165) is 30.5 Å². The van der Waals surface area contributed by atoms with E-state index in [1.54, 1.807) is 12.1 Å². The number of fused-ring (bicyclic) bond motifs is 3. The predicted octanol–water partition coefficient (Wildman–Crippen LogP) is 4.17. The lowest BCUT2D eigenvalue weighted by Crippen LogP contribution is -2.34. The highest BCUT2D eigenvalue weighted by molar-refractivity contribution is 6.08. The first-order valence-corrected chi connectivity index (χ1v) is 9.10. The third-order valence-corrected chi connectivity index (χ3v) is 5.41. The van der Waals surface area contributed by atoms with Crippen molar-refractivity contribution in [3.05, 3.63) is 48.0 Å². The van der Waals surface area contributed by atoms with Gasteiger partial charge in [-0.05, 0) is 54.8 Å². The van der Waals surface area contributed by atoms with Crippen molar-refractivity contribution in [1.82, 2.24) is 9.47 Å². The minimum atomic E-state index is -0.544. The molecule has 5 heteroatoms. The van der Waals surface area contributed by atoms with Crippen LogP contribution in [0, 0.1) is 17.0 Å². The molecule has 0 radical (unpaired) electrons. The van der Waals surface area contributed by atoms with Gasteiger partial charge >= 0.3 is 0 Å². The van der Waals surface area contributed by atoms with Crippen molar-refractivity contribution in [1.29, 1.82) is 0 Å². The average Bonchev–Trinajstić information content (AvgIpc) is 3.05. The fourth-order valence-electron chi connectivity index (χ4n) is 4.19.